The number of nitrogens with two attached hydrogens (primary N) is 1. The number of thiophene rings is 1. The number of primary sulfonamides is 1. The molecule has 0 fully saturated rings. The fraction of sp³-hybridized carbons (Fsp3) is 0.0500. The molecule has 29 heavy (non-hydrogen) atoms. The minimum Gasteiger partial charge on any atom is -0.331 e. The van der Waals surface area contributed by atoms with Crippen LogP contribution in [0.5, 0.6) is 0 Å². The molecule has 0 atom stereocenters. The predicted molar refractivity (Wildman–Crippen MR) is 116 cm³/mol. The topological polar surface area (TPSA) is 94.2 Å². The van der Waals surface area contributed by atoms with Gasteiger partial charge in [0.15, 0.2) is 0 Å². The fourth-order valence-electron chi connectivity index (χ4n) is 3.03. The van der Waals surface area contributed by atoms with Gasteiger partial charge < -0.3 is 9.88 Å². The number of nitrogens with zero attached hydrogens (tertiary/aromatic N) is 1. The van der Waals surface area contributed by atoms with Crippen molar-refractivity contribution >= 4 is 54.8 Å². The van der Waals surface area contributed by atoms with E-state index in [-0.39, 0.29) is 10.8 Å². The maximum atomic E-state index is 12.9. The van der Waals surface area contributed by atoms with Gasteiger partial charge in [-0.15, -0.1) is 11.3 Å². The van der Waals surface area contributed by atoms with Crippen molar-refractivity contribution in [2.75, 3.05) is 5.32 Å². The van der Waals surface area contributed by atoms with Crippen LogP contribution in [0.2, 0.25) is 5.02 Å². The highest BCUT2D eigenvalue weighted by Gasteiger charge is 2.17. The van der Waals surface area contributed by atoms with Crippen LogP contribution in [-0.2, 0) is 16.6 Å². The SMILES string of the molecule is NS(=O)(=O)c1ccc(NC(=O)c2cc3sccc3n2Cc2ccc(Cl)cc2)cc1. The molecule has 9 heteroatoms. The Hall–Kier alpha value is -2.65. The zero-order valence-corrected chi connectivity index (χ0v) is 17.4. The van der Waals surface area contributed by atoms with Crippen LogP contribution >= 0.6 is 22.9 Å². The second-order valence-corrected chi connectivity index (χ2v) is 9.38. The normalized spacial score (nSPS) is 11.7. The van der Waals surface area contributed by atoms with Crippen molar-refractivity contribution < 1.29 is 13.2 Å². The van der Waals surface area contributed by atoms with E-state index in [9.17, 15) is 13.2 Å². The van der Waals surface area contributed by atoms with Gasteiger partial charge in [0, 0.05) is 17.3 Å². The largest absolute Gasteiger partial charge is 0.331 e. The van der Waals surface area contributed by atoms with Gasteiger partial charge in [0.25, 0.3) is 5.91 Å². The number of halogens is 1. The third kappa shape index (κ3) is 4.20. The molecule has 0 aliphatic heterocycles. The van der Waals surface area contributed by atoms with Gasteiger partial charge in [-0.25, -0.2) is 13.6 Å². The molecule has 0 aliphatic rings. The first-order chi connectivity index (χ1) is 13.8. The van der Waals surface area contributed by atoms with Gasteiger partial charge >= 0.3 is 0 Å². The molecular formula is C20H16ClN3O3S2. The molecule has 2 aromatic heterocycles. The van der Waals surface area contributed by atoms with E-state index in [2.05, 4.69) is 5.32 Å². The second kappa shape index (κ2) is 7.64. The third-order valence-electron chi connectivity index (χ3n) is 4.45. The number of aromatic nitrogens is 1. The van der Waals surface area contributed by atoms with Crippen molar-refractivity contribution in [3.05, 3.63) is 82.3 Å². The quantitative estimate of drug-likeness (QED) is 0.479. The summed E-state index contributed by atoms with van der Waals surface area (Å²) in [7, 11) is -3.78. The lowest BCUT2D eigenvalue weighted by atomic mass is 10.2. The zero-order valence-electron chi connectivity index (χ0n) is 15.0. The van der Waals surface area contributed by atoms with Crippen molar-refractivity contribution in [3.63, 3.8) is 0 Å². The zero-order chi connectivity index (χ0) is 20.6. The predicted octanol–water partition coefficient (Wildman–Crippen LogP) is 4.30. The summed E-state index contributed by atoms with van der Waals surface area (Å²) >= 11 is 7.53. The molecule has 0 saturated heterocycles. The molecule has 1 amide bonds. The lowest BCUT2D eigenvalue weighted by molar-refractivity contribution is 0.101. The minimum atomic E-state index is -3.78. The first-order valence-electron chi connectivity index (χ1n) is 8.57. The second-order valence-electron chi connectivity index (χ2n) is 6.44. The summed E-state index contributed by atoms with van der Waals surface area (Å²) in [6, 6.07) is 17.0. The molecule has 2 heterocycles. The number of amides is 1. The highest BCUT2D eigenvalue weighted by molar-refractivity contribution is 7.89. The lowest BCUT2D eigenvalue weighted by Gasteiger charge is -2.11. The number of carbonyl (C=O) groups is 1. The van der Waals surface area contributed by atoms with Gasteiger partial charge in [0.1, 0.15) is 5.69 Å². The first kappa shape index (κ1) is 19.7. The Balaban J connectivity index is 1.63. The number of benzene rings is 2. The lowest BCUT2D eigenvalue weighted by Crippen LogP contribution is -2.18. The van der Waals surface area contributed by atoms with E-state index in [1.54, 1.807) is 11.3 Å². The molecule has 3 N–H and O–H groups in total. The van der Waals surface area contributed by atoms with Crippen LogP contribution in [-0.4, -0.2) is 18.9 Å². The Morgan fingerprint density at radius 2 is 1.76 bits per heavy atom. The summed E-state index contributed by atoms with van der Waals surface area (Å²) in [5.74, 6) is -0.286. The summed E-state index contributed by atoms with van der Waals surface area (Å²) in [5.41, 5.74) is 2.98. The smallest absolute Gasteiger partial charge is 0.272 e. The molecule has 6 nitrogen and oxygen atoms in total. The van der Waals surface area contributed by atoms with E-state index in [1.807, 2.05) is 46.3 Å². The fourth-order valence-corrected chi connectivity index (χ4v) is 4.49. The van der Waals surface area contributed by atoms with Gasteiger partial charge in [-0.2, -0.15) is 0 Å². The highest BCUT2D eigenvalue weighted by Crippen LogP contribution is 2.27. The van der Waals surface area contributed by atoms with E-state index in [4.69, 9.17) is 16.7 Å². The maximum absolute atomic E-state index is 12.9. The Morgan fingerprint density at radius 3 is 2.41 bits per heavy atom. The standard InChI is InChI=1S/C20H16ClN3O3S2/c21-14-3-1-13(2-4-14)12-24-17-9-10-28-19(17)11-18(24)20(25)23-15-5-7-16(8-6-15)29(22,26)27/h1-11H,12H2,(H,23,25)(H2,22,26,27). The van der Waals surface area contributed by atoms with Gasteiger partial charge in [0.2, 0.25) is 10.0 Å². The summed E-state index contributed by atoms with van der Waals surface area (Å²) in [5, 5.41) is 10.6. The number of fused-ring (bicyclic) bond motifs is 1. The van der Waals surface area contributed by atoms with Crippen molar-refractivity contribution in [2.24, 2.45) is 5.14 Å². The number of carbonyl (C=O) groups excluding carboxylic acids is 1. The van der Waals surface area contributed by atoms with Crippen molar-refractivity contribution in [1.82, 2.24) is 4.57 Å². The van der Waals surface area contributed by atoms with Gasteiger partial charge in [-0.1, -0.05) is 23.7 Å². The van der Waals surface area contributed by atoms with Crippen molar-refractivity contribution in [3.8, 4) is 0 Å². The van der Waals surface area contributed by atoms with Crippen molar-refractivity contribution in [2.45, 2.75) is 11.4 Å². The number of sulfonamides is 1. The summed E-state index contributed by atoms with van der Waals surface area (Å²) in [6.45, 7) is 0.518. The Labute approximate surface area is 176 Å². The number of hydrogen-bond acceptors (Lipinski definition) is 4. The minimum absolute atomic E-state index is 0.0119. The average molecular weight is 446 g/mol. The highest BCUT2D eigenvalue weighted by atomic mass is 35.5. The van der Waals surface area contributed by atoms with E-state index in [0.717, 1.165) is 15.8 Å². The molecule has 4 rings (SSSR count). The van der Waals surface area contributed by atoms with Crippen molar-refractivity contribution in [1.29, 1.82) is 0 Å². The van der Waals surface area contributed by atoms with Gasteiger partial charge in [0.05, 0.1) is 15.1 Å². The molecule has 0 radical (unpaired) electrons. The maximum Gasteiger partial charge on any atom is 0.272 e. The van der Waals surface area contributed by atoms with Gasteiger partial charge in [-0.3, -0.25) is 4.79 Å². The van der Waals surface area contributed by atoms with Crippen LogP contribution in [0.25, 0.3) is 10.2 Å². The Kier molecular flexibility index (Phi) is 5.18. The van der Waals surface area contributed by atoms with Crippen LogP contribution in [0.1, 0.15) is 16.1 Å². The van der Waals surface area contributed by atoms with Crippen LogP contribution in [0.4, 0.5) is 5.69 Å². The number of nitrogens with one attached hydrogen (secondary N) is 1. The summed E-state index contributed by atoms with van der Waals surface area (Å²) in [6.07, 6.45) is 0. The molecule has 0 unspecified atom stereocenters. The number of anilines is 1. The Bertz CT molecular complexity index is 1290. The summed E-state index contributed by atoms with van der Waals surface area (Å²) in [4.78, 5) is 12.9. The number of rotatable bonds is 5. The third-order valence-corrected chi connectivity index (χ3v) is 6.48. The molecule has 0 spiro atoms. The Morgan fingerprint density at radius 1 is 1.07 bits per heavy atom. The molecule has 0 aliphatic carbocycles. The average Bonchev–Trinajstić information content (AvgIpc) is 3.26. The van der Waals surface area contributed by atoms with E-state index in [0.29, 0.717) is 22.9 Å². The van der Waals surface area contributed by atoms with E-state index < -0.39 is 10.0 Å². The van der Waals surface area contributed by atoms with E-state index >= 15 is 0 Å². The molecular weight excluding hydrogens is 430 g/mol. The van der Waals surface area contributed by atoms with Crippen LogP contribution in [0.15, 0.2) is 70.9 Å². The molecule has 2 aromatic carbocycles. The first-order valence-corrected chi connectivity index (χ1v) is 11.4. The van der Waals surface area contributed by atoms with E-state index in [1.165, 1.54) is 24.3 Å². The molecule has 148 valence electrons. The molecule has 0 saturated carbocycles. The molecule has 4 aromatic rings. The monoisotopic (exact) mass is 445 g/mol. The molecule has 0 bridgehead atoms. The van der Waals surface area contributed by atoms with Crippen LogP contribution in [0.3, 0.4) is 0 Å². The van der Waals surface area contributed by atoms with Gasteiger partial charge in [-0.05, 0) is 59.5 Å². The van der Waals surface area contributed by atoms with Crippen LogP contribution in [0, 0.1) is 0 Å². The number of hydrogen-bond donors (Lipinski definition) is 2. The van der Waals surface area contributed by atoms with Crippen LogP contribution < -0.4 is 10.5 Å². The summed E-state index contributed by atoms with van der Waals surface area (Å²) < 4.78 is 25.7.